The molecule has 92 valence electrons. The van der Waals surface area contributed by atoms with E-state index in [1.165, 1.54) is 17.7 Å². The predicted octanol–water partition coefficient (Wildman–Crippen LogP) is -0.419. The molecule has 5 nitrogen and oxygen atoms in total. The third-order valence-corrected chi connectivity index (χ3v) is 2.58. The maximum Gasteiger partial charge on any atom is 0.233 e. The molecule has 1 rings (SSSR count). The number of nitrogens with one attached hydrogen (secondary N) is 2. The molecule has 0 saturated heterocycles. The first kappa shape index (κ1) is 13.0. The van der Waals surface area contributed by atoms with E-state index in [0.29, 0.717) is 19.5 Å². The molecule has 1 saturated carbocycles. The summed E-state index contributed by atoms with van der Waals surface area (Å²) < 4.78 is 0. The van der Waals surface area contributed by atoms with Crippen molar-refractivity contribution in [3.63, 3.8) is 0 Å². The van der Waals surface area contributed by atoms with E-state index in [4.69, 9.17) is 0 Å². The fourth-order valence-electron chi connectivity index (χ4n) is 1.31. The van der Waals surface area contributed by atoms with Gasteiger partial charge in [-0.25, -0.2) is 0 Å². The Balaban J connectivity index is 1.94. The lowest BCUT2D eigenvalue weighted by Gasteiger charge is -2.10. The van der Waals surface area contributed by atoms with E-state index in [1.807, 2.05) is 0 Å². The lowest BCUT2D eigenvalue weighted by atomic mass is 10.3. The first-order valence-electron chi connectivity index (χ1n) is 5.77. The fourth-order valence-corrected chi connectivity index (χ4v) is 1.31. The average molecular weight is 227 g/mol. The van der Waals surface area contributed by atoms with Gasteiger partial charge >= 0.3 is 0 Å². The third-order valence-electron chi connectivity index (χ3n) is 2.58. The Hall–Kier alpha value is -1.10. The van der Waals surface area contributed by atoms with Crippen LogP contribution in [0.15, 0.2) is 0 Å². The summed E-state index contributed by atoms with van der Waals surface area (Å²) in [6, 6.07) is 0. The average Bonchev–Trinajstić information content (AvgIpc) is 3.01. The van der Waals surface area contributed by atoms with E-state index in [-0.39, 0.29) is 11.8 Å². The number of rotatable bonds is 7. The molecule has 2 N–H and O–H groups in total. The van der Waals surface area contributed by atoms with Gasteiger partial charge in [-0.2, -0.15) is 0 Å². The number of hydrogen-bond donors (Lipinski definition) is 2. The largest absolute Gasteiger partial charge is 0.354 e. The number of hydrogen-bond acceptors (Lipinski definition) is 3. The van der Waals surface area contributed by atoms with Gasteiger partial charge in [0, 0.05) is 27.1 Å². The minimum absolute atomic E-state index is 0.0336. The van der Waals surface area contributed by atoms with Crippen molar-refractivity contribution in [3.05, 3.63) is 0 Å². The molecule has 0 aromatic rings. The van der Waals surface area contributed by atoms with Crippen LogP contribution in [0, 0.1) is 5.92 Å². The van der Waals surface area contributed by atoms with Crippen molar-refractivity contribution in [3.8, 4) is 0 Å². The topological polar surface area (TPSA) is 61.4 Å². The molecular formula is C11H21N3O2. The highest BCUT2D eigenvalue weighted by Gasteiger charge is 2.20. The zero-order chi connectivity index (χ0) is 12.0. The standard InChI is InChI=1S/C11H21N3O2/c1-14(2)11(16)5-6-13-10(15)8-12-7-9-3-4-9/h9,12H,3-8H2,1-2H3,(H,13,15). The van der Waals surface area contributed by atoms with Crippen molar-refractivity contribution in [1.29, 1.82) is 0 Å². The lowest BCUT2D eigenvalue weighted by molar-refractivity contribution is -0.128. The van der Waals surface area contributed by atoms with Crippen LogP contribution in [0.2, 0.25) is 0 Å². The van der Waals surface area contributed by atoms with Crippen molar-refractivity contribution < 1.29 is 9.59 Å². The summed E-state index contributed by atoms with van der Waals surface area (Å²) in [4.78, 5) is 24.0. The lowest BCUT2D eigenvalue weighted by Crippen LogP contribution is -2.36. The van der Waals surface area contributed by atoms with E-state index < -0.39 is 0 Å². The molecule has 5 heteroatoms. The summed E-state index contributed by atoms with van der Waals surface area (Å²) in [5.41, 5.74) is 0. The molecule has 16 heavy (non-hydrogen) atoms. The highest BCUT2D eigenvalue weighted by molar-refractivity contribution is 5.79. The maximum atomic E-state index is 11.3. The molecule has 0 unspecified atom stereocenters. The first-order chi connectivity index (χ1) is 7.59. The van der Waals surface area contributed by atoms with Crippen molar-refractivity contribution in [2.45, 2.75) is 19.3 Å². The minimum Gasteiger partial charge on any atom is -0.354 e. The Kier molecular flexibility index (Phi) is 5.25. The second-order valence-corrected chi connectivity index (χ2v) is 4.46. The van der Waals surface area contributed by atoms with Gasteiger partial charge in [-0.05, 0) is 25.3 Å². The molecule has 0 bridgehead atoms. The quantitative estimate of drug-likeness (QED) is 0.621. The van der Waals surface area contributed by atoms with Crippen LogP contribution >= 0.6 is 0 Å². The molecule has 0 spiro atoms. The van der Waals surface area contributed by atoms with Gasteiger partial charge < -0.3 is 15.5 Å². The molecule has 2 amide bonds. The summed E-state index contributed by atoms with van der Waals surface area (Å²) >= 11 is 0. The van der Waals surface area contributed by atoms with Crippen molar-refractivity contribution in [1.82, 2.24) is 15.5 Å². The van der Waals surface area contributed by atoms with Gasteiger partial charge in [0.05, 0.1) is 6.54 Å². The molecule has 0 aromatic heterocycles. The molecule has 0 atom stereocenters. The van der Waals surface area contributed by atoms with E-state index in [1.54, 1.807) is 14.1 Å². The summed E-state index contributed by atoms with van der Waals surface area (Å²) in [5.74, 6) is 0.779. The maximum absolute atomic E-state index is 11.3. The Morgan fingerprint density at radius 2 is 2.00 bits per heavy atom. The first-order valence-corrected chi connectivity index (χ1v) is 5.77. The summed E-state index contributed by atoms with van der Waals surface area (Å²) in [5, 5.41) is 5.81. The van der Waals surface area contributed by atoms with E-state index >= 15 is 0 Å². The molecule has 0 radical (unpaired) electrons. The Bertz CT molecular complexity index is 250. The fraction of sp³-hybridized carbons (Fsp3) is 0.818. The normalized spacial score (nSPS) is 14.6. The van der Waals surface area contributed by atoms with Crippen molar-refractivity contribution >= 4 is 11.8 Å². The van der Waals surface area contributed by atoms with Crippen LogP contribution in [0.4, 0.5) is 0 Å². The van der Waals surface area contributed by atoms with Gasteiger partial charge in [-0.3, -0.25) is 9.59 Å². The van der Waals surface area contributed by atoms with Gasteiger partial charge in [-0.15, -0.1) is 0 Å². The summed E-state index contributed by atoms with van der Waals surface area (Å²) in [7, 11) is 3.42. The number of carbonyl (C=O) groups is 2. The van der Waals surface area contributed by atoms with Crippen LogP contribution in [0.3, 0.4) is 0 Å². The van der Waals surface area contributed by atoms with Crippen LogP contribution in [0.1, 0.15) is 19.3 Å². The smallest absolute Gasteiger partial charge is 0.233 e. The van der Waals surface area contributed by atoms with Crippen LogP contribution in [-0.2, 0) is 9.59 Å². The van der Waals surface area contributed by atoms with Crippen LogP contribution in [0.25, 0.3) is 0 Å². The third kappa shape index (κ3) is 5.70. The molecule has 1 fully saturated rings. The SMILES string of the molecule is CN(C)C(=O)CCNC(=O)CNCC1CC1. The Morgan fingerprint density at radius 1 is 1.31 bits per heavy atom. The second-order valence-electron chi connectivity index (χ2n) is 4.46. The molecule has 0 aliphatic heterocycles. The van der Waals surface area contributed by atoms with E-state index in [0.717, 1.165) is 12.5 Å². The molecular weight excluding hydrogens is 206 g/mol. The zero-order valence-electron chi connectivity index (χ0n) is 10.1. The van der Waals surface area contributed by atoms with Crippen LogP contribution < -0.4 is 10.6 Å². The second kappa shape index (κ2) is 6.48. The molecule has 1 aliphatic carbocycles. The van der Waals surface area contributed by atoms with Gasteiger partial charge in [0.25, 0.3) is 0 Å². The number of carbonyl (C=O) groups excluding carboxylic acids is 2. The van der Waals surface area contributed by atoms with Crippen LogP contribution in [0.5, 0.6) is 0 Å². The monoisotopic (exact) mass is 227 g/mol. The zero-order valence-corrected chi connectivity index (χ0v) is 10.1. The van der Waals surface area contributed by atoms with Gasteiger partial charge in [0.1, 0.15) is 0 Å². The van der Waals surface area contributed by atoms with Gasteiger partial charge in [0.15, 0.2) is 0 Å². The minimum atomic E-state index is -0.0350. The number of nitrogens with zero attached hydrogens (tertiary/aromatic N) is 1. The highest BCUT2D eigenvalue weighted by atomic mass is 16.2. The van der Waals surface area contributed by atoms with Crippen molar-refractivity contribution in [2.75, 3.05) is 33.7 Å². The van der Waals surface area contributed by atoms with E-state index in [2.05, 4.69) is 10.6 Å². The Morgan fingerprint density at radius 3 is 2.56 bits per heavy atom. The summed E-state index contributed by atoms with van der Waals surface area (Å²) in [6.07, 6.45) is 2.93. The Labute approximate surface area is 96.6 Å². The van der Waals surface area contributed by atoms with E-state index in [9.17, 15) is 9.59 Å². The highest BCUT2D eigenvalue weighted by Crippen LogP contribution is 2.27. The summed E-state index contributed by atoms with van der Waals surface area (Å²) in [6.45, 7) is 1.71. The van der Waals surface area contributed by atoms with Gasteiger partial charge in [0.2, 0.25) is 11.8 Å². The van der Waals surface area contributed by atoms with Crippen molar-refractivity contribution in [2.24, 2.45) is 5.92 Å². The molecule has 0 aromatic carbocycles. The van der Waals surface area contributed by atoms with Crippen LogP contribution in [-0.4, -0.2) is 50.4 Å². The number of amides is 2. The molecule has 0 heterocycles. The predicted molar refractivity (Wildman–Crippen MR) is 61.9 cm³/mol. The molecule has 1 aliphatic rings. The van der Waals surface area contributed by atoms with Gasteiger partial charge in [-0.1, -0.05) is 0 Å².